The molecule has 2 aromatic heterocycles. The predicted octanol–water partition coefficient (Wildman–Crippen LogP) is 3.30. The van der Waals surface area contributed by atoms with Gasteiger partial charge in [-0.3, -0.25) is 14.0 Å². The maximum atomic E-state index is 12.7. The molecule has 0 aliphatic carbocycles. The summed E-state index contributed by atoms with van der Waals surface area (Å²) in [6, 6.07) is 12.6. The van der Waals surface area contributed by atoms with Crippen LogP contribution in [0.5, 0.6) is 0 Å². The lowest BCUT2D eigenvalue weighted by molar-refractivity contribution is -0.132. The smallest absolute Gasteiger partial charge is 0.251 e. The van der Waals surface area contributed by atoms with E-state index >= 15 is 0 Å². The van der Waals surface area contributed by atoms with Crippen LogP contribution in [0.3, 0.4) is 0 Å². The van der Waals surface area contributed by atoms with Crippen molar-refractivity contribution in [3.63, 3.8) is 0 Å². The van der Waals surface area contributed by atoms with E-state index in [9.17, 15) is 9.59 Å². The minimum atomic E-state index is -0.157. The molecule has 0 radical (unpaired) electrons. The number of fused-ring (bicyclic) bond motifs is 1. The molecule has 3 aromatic rings. The first-order valence-corrected chi connectivity index (χ1v) is 10.6. The van der Waals surface area contributed by atoms with E-state index in [-0.39, 0.29) is 17.7 Å². The fourth-order valence-electron chi connectivity index (χ4n) is 3.86. The number of hydrogen-bond acceptors (Lipinski definition) is 4. The lowest BCUT2D eigenvalue weighted by Crippen LogP contribution is -2.39. The van der Waals surface area contributed by atoms with Gasteiger partial charge in [0.25, 0.3) is 5.91 Å². The molecule has 1 N–H and O–H groups in total. The summed E-state index contributed by atoms with van der Waals surface area (Å²) in [5.74, 6) is 1.06. The number of halogens is 1. The Labute approximate surface area is 180 Å². The number of amides is 2. The van der Waals surface area contributed by atoms with Crippen LogP contribution in [-0.2, 0) is 4.79 Å². The van der Waals surface area contributed by atoms with Crippen LogP contribution < -0.4 is 5.32 Å². The van der Waals surface area contributed by atoms with Gasteiger partial charge in [0.05, 0.1) is 0 Å². The Bertz CT molecular complexity index is 1030. The fraction of sp³-hybridized carbons (Fsp3) is 0.364. The fourth-order valence-corrected chi connectivity index (χ4v) is 3.98. The zero-order chi connectivity index (χ0) is 20.9. The van der Waals surface area contributed by atoms with Crippen LogP contribution in [0.4, 0.5) is 0 Å². The van der Waals surface area contributed by atoms with E-state index in [0.29, 0.717) is 36.5 Å². The Morgan fingerprint density at radius 2 is 1.97 bits per heavy atom. The van der Waals surface area contributed by atoms with Gasteiger partial charge >= 0.3 is 0 Å². The summed E-state index contributed by atoms with van der Waals surface area (Å²) in [6.45, 7) is 1.88. The van der Waals surface area contributed by atoms with E-state index in [1.807, 2.05) is 33.7 Å². The van der Waals surface area contributed by atoms with Gasteiger partial charge in [0, 0.05) is 48.8 Å². The Hall–Kier alpha value is -2.93. The third-order valence-electron chi connectivity index (χ3n) is 5.44. The summed E-state index contributed by atoms with van der Waals surface area (Å²) in [5, 5.41) is 12.0. The molecule has 1 aliphatic heterocycles. The van der Waals surface area contributed by atoms with E-state index in [1.54, 1.807) is 24.3 Å². The molecule has 2 amide bonds. The molecule has 8 heteroatoms. The highest BCUT2D eigenvalue weighted by atomic mass is 35.5. The number of rotatable bonds is 6. The minimum Gasteiger partial charge on any atom is -0.352 e. The third-order valence-corrected chi connectivity index (χ3v) is 5.69. The van der Waals surface area contributed by atoms with Gasteiger partial charge in [-0.15, -0.1) is 10.2 Å². The van der Waals surface area contributed by atoms with Crippen molar-refractivity contribution in [2.24, 2.45) is 0 Å². The van der Waals surface area contributed by atoms with Crippen LogP contribution >= 0.6 is 11.6 Å². The van der Waals surface area contributed by atoms with E-state index < -0.39 is 0 Å². The molecule has 7 nitrogen and oxygen atoms in total. The second-order valence-electron chi connectivity index (χ2n) is 7.53. The molecule has 3 heterocycles. The zero-order valence-corrected chi connectivity index (χ0v) is 17.4. The van der Waals surface area contributed by atoms with Gasteiger partial charge in [-0.1, -0.05) is 17.7 Å². The van der Waals surface area contributed by atoms with Gasteiger partial charge in [0.1, 0.15) is 5.82 Å². The summed E-state index contributed by atoms with van der Waals surface area (Å²) in [4.78, 5) is 26.7. The molecule has 1 atom stereocenters. The molecule has 1 fully saturated rings. The lowest BCUT2D eigenvalue weighted by atomic mass is 9.97. The highest BCUT2D eigenvalue weighted by Gasteiger charge is 2.27. The molecular weight excluding hydrogens is 402 g/mol. The van der Waals surface area contributed by atoms with Gasteiger partial charge < -0.3 is 10.2 Å². The quantitative estimate of drug-likeness (QED) is 0.614. The number of nitrogens with zero attached hydrogens (tertiary/aromatic N) is 4. The van der Waals surface area contributed by atoms with Crippen LogP contribution in [-0.4, -0.2) is 50.9 Å². The number of piperidine rings is 1. The van der Waals surface area contributed by atoms with E-state index in [4.69, 9.17) is 11.6 Å². The molecule has 1 aliphatic rings. The molecule has 156 valence electrons. The normalized spacial score (nSPS) is 16.6. The lowest BCUT2D eigenvalue weighted by Gasteiger charge is -2.32. The van der Waals surface area contributed by atoms with Crippen LogP contribution in [0.1, 0.15) is 47.8 Å². The molecule has 1 saturated heterocycles. The molecule has 0 bridgehead atoms. The average molecular weight is 426 g/mol. The number of aromatic nitrogens is 3. The van der Waals surface area contributed by atoms with Crippen LogP contribution in [0.25, 0.3) is 5.65 Å². The van der Waals surface area contributed by atoms with Crippen molar-refractivity contribution in [3.05, 3.63) is 65.1 Å². The molecule has 0 spiro atoms. The van der Waals surface area contributed by atoms with Crippen molar-refractivity contribution in [1.82, 2.24) is 24.8 Å². The maximum absolute atomic E-state index is 12.7. The van der Waals surface area contributed by atoms with Crippen LogP contribution in [0, 0.1) is 0 Å². The molecular formula is C22H24ClN5O2. The number of carbonyl (C=O) groups excluding carboxylic acids is 2. The molecule has 4 rings (SSSR count). The number of nitrogens with one attached hydrogen (secondary N) is 1. The van der Waals surface area contributed by atoms with Gasteiger partial charge in [-0.25, -0.2) is 0 Å². The second-order valence-corrected chi connectivity index (χ2v) is 7.97. The first-order valence-electron chi connectivity index (χ1n) is 10.2. The van der Waals surface area contributed by atoms with E-state index in [1.165, 1.54) is 0 Å². The average Bonchev–Trinajstić information content (AvgIpc) is 3.21. The summed E-state index contributed by atoms with van der Waals surface area (Å²) < 4.78 is 2.00. The third kappa shape index (κ3) is 4.62. The zero-order valence-electron chi connectivity index (χ0n) is 16.6. The van der Waals surface area contributed by atoms with Gasteiger partial charge in [-0.05, 0) is 55.7 Å². The molecule has 0 saturated carbocycles. The van der Waals surface area contributed by atoms with Crippen molar-refractivity contribution in [2.45, 2.75) is 31.6 Å². The summed E-state index contributed by atoms with van der Waals surface area (Å²) >= 11 is 5.84. The Morgan fingerprint density at radius 3 is 2.80 bits per heavy atom. The minimum absolute atomic E-state index is 0.120. The van der Waals surface area contributed by atoms with Gasteiger partial charge in [-0.2, -0.15) is 0 Å². The Balaban J connectivity index is 1.26. The highest BCUT2D eigenvalue weighted by molar-refractivity contribution is 6.30. The standard InChI is InChI=1S/C22H24ClN5O2/c23-18-10-8-16(9-11-18)22(30)24-12-3-7-20(29)27-13-4-5-17(15-27)21-26-25-19-6-1-2-14-28(19)21/h1-2,6,8-11,14,17H,3-5,7,12-13,15H2,(H,24,30). The van der Waals surface area contributed by atoms with Crippen molar-refractivity contribution in [1.29, 1.82) is 0 Å². The molecule has 1 unspecified atom stereocenters. The van der Waals surface area contributed by atoms with E-state index in [0.717, 1.165) is 30.9 Å². The highest BCUT2D eigenvalue weighted by Crippen LogP contribution is 2.26. The monoisotopic (exact) mass is 425 g/mol. The number of likely N-dealkylation sites (tertiary alicyclic amines) is 1. The SMILES string of the molecule is O=C(NCCCC(=O)N1CCCC(c2nnc3ccccn23)C1)c1ccc(Cl)cc1. The van der Waals surface area contributed by atoms with Gasteiger partial charge in [0.15, 0.2) is 5.65 Å². The van der Waals surface area contributed by atoms with Crippen LogP contribution in [0.15, 0.2) is 48.7 Å². The summed E-state index contributed by atoms with van der Waals surface area (Å²) in [5.41, 5.74) is 1.39. The Morgan fingerprint density at radius 1 is 1.13 bits per heavy atom. The Kier molecular flexibility index (Phi) is 6.28. The van der Waals surface area contributed by atoms with Crippen molar-refractivity contribution in [3.8, 4) is 0 Å². The first kappa shape index (κ1) is 20.3. The molecule has 30 heavy (non-hydrogen) atoms. The first-order chi connectivity index (χ1) is 14.6. The maximum Gasteiger partial charge on any atom is 0.251 e. The second kappa shape index (κ2) is 9.26. The summed E-state index contributed by atoms with van der Waals surface area (Å²) in [6.07, 6.45) is 4.93. The number of benzene rings is 1. The van der Waals surface area contributed by atoms with Crippen molar-refractivity contribution in [2.75, 3.05) is 19.6 Å². The summed E-state index contributed by atoms with van der Waals surface area (Å²) in [7, 11) is 0. The molecule has 1 aromatic carbocycles. The number of hydrogen-bond donors (Lipinski definition) is 1. The van der Waals surface area contributed by atoms with Crippen molar-refractivity contribution >= 4 is 29.1 Å². The van der Waals surface area contributed by atoms with Crippen molar-refractivity contribution < 1.29 is 9.59 Å². The number of pyridine rings is 1. The number of carbonyl (C=O) groups is 2. The van der Waals surface area contributed by atoms with Crippen LogP contribution in [0.2, 0.25) is 5.02 Å². The van der Waals surface area contributed by atoms with E-state index in [2.05, 4.69) is 15.5 Å². The predicted molar refractivity (Wildman–Crippen MR) is 115 cm³/mol. The van der Waals surface area contributed by atoms with Gasteiger partial charge in [0.2, 0.25) is 5.91 Å². The topological polar surface area (TPSA) is 79.6 Å². The largest absolute Gasteiger partial charge is 0.352 e.